The van der Waals surface area contributed by atoms with Gasteiger partial charge in [-0.3, -0.25) is 0 Å². The van der Waals surface area contributed by atoms with Crippen LogP contribution in [0.15, 0.2) is 94.4 Å². The Labute approximate surface area is 142 Å². The molecule has 1 atom stereocenters. The van der Waals surface area contributed by atoms with Crippen molar-refractivity contribution in [2.75, 3.05) is 0 Å². The molecule has 118 valence electrons. The van der Waals surface area contributed by atoms with Crippen LogP contribution >= 0.6 is 0 Å². The van der Waals surface area contributed by atoms with Gasteiger partial charge in [0.2, 0.25) is 0 Å². The fourth-order valence-electron chi connectivity index (χ4n) is 2.95. The normalized spacial score (nSPS) is 19.8. The molecule has 0 spiro atoms. The summed E-state index contributed by atoms with van der Waals surface area (Å²) < 4.78 is 0. The monoisotopic (exact) mass is 313 g/mol. The minimum absolute atomic E-state index is 0.0575. The van der Waals surface area contributed by atoms with Gasteiger partial charge in [-0.2, -0.15) is 0 Å². The molecular formula is C21H19N3. The van der Waals surface area contributed by atoms with E-state index in [-0.39, 0.29) is 6.17 Å². The van der Waals surface area contributed by atoms with Crippen molar-refractivity contribution in [1.82, 2.24) is 5.32 Å². The van der Waals surface area contributed by atoms with Crippen molar-refractivity contribution >= 4 is 11.7 Å². The van der Waals surface area contributed by atoms with Gasteiger partial charge in [0.1, 0.15) is 12.0 Å². The van der Waals surface area contributed by atoms with Gasteiger partial charge in [-0.15, -0.1) is 0 Å². The van der Waals surface area contributed by atoms with E-state index in [9.17, 15) is 0 Å². The van der Waals surface area contributed by atoms with Gasteiger partial charge in [0.15, 0.2) is 5.84 Å². The summed E-state index contributed by atoms with van der Waals surface area (Å²) in [6, 6.07) is 20.4. The number of aliphatic imine (C=N–C) groups is 2. The number of amidine groups is 2. The molecule has 0 bridgehead atoms. The van der Waals surface area contributed by atoms with Gasteiger partial charge in [0.05, 0.1) is 0 Å². The lowest BCUT2D eigenvalue weighted by Gasteiger charge is -2.26. The standard InChI is InChI=1S/C21H19N3/c1-4-10-16(11-5-1)19-22-20(17-12-6-2-7-13-17)24-21(23-19)18-14-8-3-9-15-18/h1-8,10-14,21H,9,15H2,(H,22,23,24). The van der Waals surface area contributed by atoms with Crippen LogP contribution in [0.4, 0.5) is 0 Å². The average Bonchev–Trinajstić information content (AvgIpc) is 2.70. The molecular weight excluding hydrogens is 294 g/mol. The highest BCUT2D eigenvalue weighted by atomic mass is 15.2. The zero-order valence-corrected chi connectivity index (χ0v) is 13.4. The van der Waals surface area contributed by atoms with Crippen LogP contribution in [0.2, 0.25) is 0 Å². The largest absolute Gasteiger partial charge is 0.344 e. The first-order chi connectivity index (χ1) is 11.9. The molecule has 3 heteroatoms. The van der Waals surface area contributed by atoms with Crippen LogP contribution in [0.25, 0.3) is 0 Å². The van der Waals surface area contributed by atoms with E-state index in [4.69, 9.17) is 9.98 Å². The van der Waals surface area contributed by atoms with Crippen LogP contribution in [0.3, 0.4) is 0 Å². The Bertz CT molecular complexity index is 830. The molecule has 1 N–H and O–H groups in total. The predicted molar refractivity (Wildman–Crippen MR) is 99.3 cm³/mol. The molecule has 4 rings (SSSR count). The summed E-state index contributed by atoms with van der Waals surface area (Å²) in [5.74, 6) is 1.67. The summed E-state index contributed by atoms with van der Waals surface area (Å²) in [4.78, 5) is 9.64. The number of rotatable bonds is 3. The van der Waals surface area contributed by atoms with Crippen LogP contribution < -0.4 is 5.32 Å². The first-order valence-corrected chi connectivity index (χ1v) is 8.29. The Balaban J connectivity index is 1.75. The van der Waals surface area contributed by atoms with Crippen molar-refractivity contribution in [3.8, 4) is 0 Å². The van der Waals surface area contributed by atoms with Gasteiger partial charge in [-0.25, -0.2) is 9.98 Å². The van der Waals surface area contributed by atoms with E-state index in [0.29, 0.717) is 0 Å². The third-order valence-corrected chi connectivity index (χ3v) is 4.22. The summed E-state index contributed by atoms with van der Waals surface area (Å²) in [6.07, 6.45) is 8.52. The molecule has 2 aromatic carbocycles. The van der Waals surface area contributed by atoms with Gasteiger partial charge >= 0.3 is 0 Å². The number of nitrogens with zero attached hydrogens (tertiary/aromatic N) is 2. The summed E-state index contributed by atoms with van der Waals surface area (Å²) in [6.45, 7) is 0. The van der Waals surface area contributed by atoms with Crippen LogP contribution in [-0.2, 0) is 0 Å². The van der Waals surface area contributed by atoms with E-state index in [0.717, 1.165) is 35.6 Å². The molecule has 2 aromatic rings. The van der Waals surface area contributed by atoms with Gasteiger partial charge in [-0.1, -0.05) is 78.9 Å². The lowest BCUT2D eigenvalue weighted by Crippen LogP contribution is -2.40. The van der Waals surface area contributed by atoms with E-state index in [1.54, 1.807) is 0 Å². The first-order valence-electron chi connectivity index (χ1n) is 8.29. The van der Waals surface area contributed by atoms with Crippen molar-refractivity contribution in [1.29, 1.82) is 0 Å². The fraction of sp³-hybridized carbons (Fsp3) is 0.143. The molecule has 1 unspecified atom stereocenters. The Hall–Kier alpha value is -2.94. The topological polar surface area (TPSA) is 36.8 Å². The molecule has 24 heavy (non-hydrogen) atoms. The smallest absolute Gasteiger partial charge is 0.159 e. The van der Waals surface area contributed by atoms with E-state index in [1.165, 1.54) is 5.57 Å². The van der Waals surface area contributed by atoms with E-state index < -0.39 is 0 Å². The third kappa shape index (κ3) is 3.06. The second-order valence-electron chi connectivity index (χ2n) is 5.90. The molecule has 1 aliphatic heterocycles. The number of benzene rings is 2. The first kappa shape index (κ1) is 14.6. The number of hydrogen-bond acceptors (Lipinski definition) is 3. The lowest BCUT2D eigenvalue weighted by molar-refractivity contribution is 0.677. The Morgan fingerprint density at radius 3 is 2.25 bits per heavy atom. The molecule has 1 heterocycles. The second-order valence-corrected chi connectivity index (χ2v) is 5.90. The zero-order chi connectivity index (χ0) is 16.2. The Kier molecular flexibility index (Phi) is 4.07. The van der Waals surface area contributed by atoms with Crippen LogP contribution in [0, 0.1) is 0 Å². The number of nitrogens with one attached hydrogen (secondary N) is 1. The number of hydrogen-bond donors (Lipinski definition) is 1. The van der Waals surface area contributed by atoms with Crippen molar-refractivity contribution in [3.63, 3.8) is 0 Å². The van der Waals surface area contributed by atoms with Crippen LogP contribution in [0.1, 0.15) is 24.0 Å². The van der Waals surface area contributed by atoms with Crippen molar-refractivity contribution in [2.24, 2.45) is 9.98 Å². The van der Waals surface area contributed by atoms with Crippen molar-refractivity contribution in [3.05, 3.63) is 95.6 Å². The van der Waals surface area contributed by atoms with Crippen LogP contribution in [-0.4, -0.2) is 17.8 Å². The van der Waals surface area contributed by atoms with Gasteiger partial charge < -0.3 is 5.32 Å². The van der Waals surface area contributed by atoms with Crippen molar-refractivity contribution < 1.29 is 0 Å². The summed E-state index contributed by atoms with van der Waals surface area (Å²) >= 11 is 0. The van der Waals surface area contributed by atoms with E-state index >= 15 is 0 Å². The highest BCUT2D eigenvalue weighted by molar-refractivity contribution is 6.13. The van der Waals surface area contributed by atoms with E-state index in [2.05, 4.69) is 47.8 Å². The SMILES string of the molecule is C1=CCCC(C2N=C(c3ccccc3)N=C(c3ccccc3)N2)=C1. The predicted octanol–water partition coefficient (Wildman–Crippen LogP) is 4.09. The molecule has 1 aliphatic carbocycles. The minimum Gasteiger partial charge on any atom is -0.344 e. The second kappa shape index (κ2) is 6.67. The summed E-state index contributed by atoms with van der Waals surface area (Å²) in [5.41, 5.74) is 3.43. The van der Waals surface area contributed by atoms with Crippen molar-refractivity contribution in [2.45, 2.75) is 19.0 Å². The Morgan fingerprint density at radius 2 is 1.58 bits per heavy atom. The van der Waals surface area contributed by atoms with Gasteiger partial charge in [0, 0.05) is 11.1 Å². The summed E-state index contributed by atoms with van der Waals surface area (Å²) in [7, 11) is 0. The third-order valence-electron chi connectivity index (χ3n) is 4.22. The van der Waals surface area contributed by atoms with Gasteiger partial charge in [-0.05, 0) is 18.4 Å². The maximum Gasteiger partial charge on any atom is 0.159 e. The van der Waals surface area contributed by atoms with Gasteiger partial charge in [0.25, 0.3) is 0 Å². The maximum atomic E-state index is 4.87. The molecule has 0 aromatic heterocycles. The Morgan fingerprint density at radius 1 is 0.875 bits per heavy atom. The highest BCUT2D eigenvalue weighted by Crippen LogP contribution is 2.21. The van der Waals surface area contributed by atoms with E-state index in [1.807, 2.05) is 36.4 Å². The molecule has 0 amide bonds. The molecule has 0 saturated carbocycles. The minimum atomic E-state index is -0.0575. The zero-order valence-electron chi connectivity index (χ0n) is 13.4. The highest BCUT2D eigenvalue weighted by Gasteiger charge is 2.22. The number of allylic oxidation sites excluding steroid dienone is 3. The quantitative estimate of drug-likeness (QED) is 0.910. The molecule has 0 fully saturated rings. The molecule has 3 nitrogen and oxygen atoms in total. The molecule has 2 aliphatic rings. The average molecular weight is 313 g/mol. The lowest BCUT2D eigenvalue weighted by atomic mass is 10.0. The fourth-order valence-corrected chi connectivity index (χ4v) is 2.95. The summed E-state index contributed by atoms with van der Waals surface area (Å²) in [5, 5.41) is 3.50. The molecule has 0 saturated heterocycles. The molecule has 0 radical (unpaired) electrons. The van der Waals surface area contributed by atoms with Crippen LogP contribution in [0.5, 0.6) is 0 Å². The maximum absolute atomic E-state index is 4.87.